The minimum atomic E-state index is -2.18. The van der Waals surface area contributed by atoms with Crippen LogP contribution in [0.3, 0.4) is 0 Å². The first kappa shape index (κ1) is 28.3. The number of hydrogen-bond acceptors (Lipinski definition) is 7. The molecule has 3 nitrogen and oxygen atoms in total. The molecule has 4 aliphatic carbocycles. The van der Waals surface area contributed by atoms with E-state index in [1.807, 2.05) is 30.4 Å². The van der Waals surface area contributed by atoms with Crippen LogP contribution in [0, 0.1) is 23.7 Å². The standard InChI is InChI=1S/C8H14O2.C8H12OS2.C2H6S2.Bi.3ClH/c1-8(10-2)6-3-5(6)4-7(8)9;9-7-4-5-3-6(5)8(7)10-1-2-11-8;3-1-2-4;;;;/h5-7,9H,3-4H2,1-2H3;5-7,9H,1-4H2;3-4H,1-2H2;;3*1H/q;;;+3;;;/p-3/t5-,6-,7?,8?;5-,6-,7?;;;;;/m11...../s1. The van der Waals surface area contributed by atoms with Crippen molar-refractivity contribution in [3.05, 3.63) is 0 Å². The number of thiol groups is 2. The number of aliphatic hydroxyl groups excluding tert-OH is 2. The molecular weight excluding hydrogens is 708 g/mol. The van der Waals surface area contributed by atoms with E-state index < -0.39 is 18.2 Å². The van der Waals surface area contributed by atoms with Crippen LogP contribution in [-0.4, -0.2) is 80.4 Å². The molecule has 0 radical (unpaired) electrons. The van der Waals surface area contributed by atoms with Crippen molar-refractivity contribution < 1.29 is 14.9 Å². The summed E-state index contributed by atoms with van der Waals surface area (Å²) in [6, 6.07) is 0. The zero-order valence-electron chi connectivity index (χ0n) is 16.7. The third-order valence-corrected chi connectivity index (χ3v) is 11.2. The Kier molecular flexibility index (Phi) is 12.3. The van der Waals surface area contributed by atoms with Gasteiger partial charge in [-0.25, -0.2) is 0 Å². The van der Waals surface area contributed by atoms with Crippen molar-refractivity contribution in [2.75, 3.05) is 30.1 Å². The summed E-state index contributed by atoms with van der Waals surface area (Å²) in [4.78, 5) is 0. The zero-order valence-corrected chi connectivity index (χ0v) is 25.9. The Labute approximate surface area is 213 Å². The molecule has 1 spiro atoms. The number of ether oxygens (including phenoxy) is 1. The molecule has 11 heteroatoms. The van der Waals surface area contributed by atoms with Gasteiger partial charge in [0, 0.05) is 18.6 Å². The fourth-order valence-corrected chi connectivity index (χ4v) is 8.54. The van der Waals surface area contributed by atoms with Crippen molar-refractivity contribution in [3.63, 3.8) is 0 Å². The van der Waals surface area contributed by atoms with Gasteiger partial charge in [0.15, 0.2) is 0 Å². The van der Waals surface area contributed by atoms with Gasteiger partial charge in [-0.2, -0.15) is 25.3 Å². The van der Waals surface area contributed by atoms with Crippen LogP contribution in [0.1, 0.15) is 32.6 Å². The Morgan fingerprint density at radius 2 is 1.38 bits per heavy atom. The molecule has 0 aromatic carbocycles. The second kappa shape index (κ2) is 12.7. The van der Waals surface area contributed by atoms with E-state index in [4.69, 9.17) is 30.3 Å². The Hall–Kier alpha value is 3.03. The number of methoxy groups -OCH3 is 1. The summed E-state index contributed by atoms with van der Waals surface area (Å²) in [5.41, 5.74) is -0.218. The van der Waals surface area contributed by atoms with Gasteiger partial charge in [0.05, 0.1) is 21.9 Å². The molecule has 0 aromatic rings. The van der Waals surface area contributed by atoms with Gasteiger partial charge in [-0.3, -0.25) is 0 Å². The first-order chi connectivity index (χ1) is 13.7. The van der Waals surface area contributed by atoms with Gasteiger partial charge in [-0.1, -0.05) is 0 Å². The van der Waals surface area contributed by atoms with Crippen molar-refractivity contribution in [2.45, 2.75) is 54.5 Å². The van der Waals surface area contributed by atoms with Crippen LogP contribution in [-0.2, 0) is 4.74 Å². The predicted octanol–water partition coefficient (Wildman–Crippen LogP) is 4.89. The van der Waals surface area contributed by atoms with E-state index in [1.54, 1.807) is 7.11 Å². The molecule has 5 rings (SSSR count). The maximum atomic E-state index is 9.84. The van der Waals surface area contributed by atoms with E-state index in [0.717, 1.165) is 42.1 Å². The van der Waals surface area contributed by atoms with Gasteiger partial charge in [-0.15, -0.1) is 23.5 Å². The maximum absolute atomic E-state index is 9.84. The van der Waals surface area contributed by atoms with Crippen molar-refractivity contribution in [1.82, 2.24) is 0 Å². The van der Waals surface area contributed by atoms with Crippen LogP contribution in [0.2, 0.25) is 0 Å². The summed E-state index contributed by atoms with van der Waals surface area (Å²) in [7, 11) is 16.7. The normalized spacial score (nSPS) is 42.0. The van der Waals surface area contributed by atoms with Crippen molar-refractivity contribution >= 4 is 92.5 Å². The molecule has 1 aliphatic heterocycles. The summed E-state index contributed by atoms with van der Waals surface area (Å²) in [6.07, 6.45) is 4.49. The van der Waals surface area contributed by atoms with E-state index in [0.29, 0.717) is 5.92 Å². The molecule has 5 fully saturated rings. The predicted molar refractivity (Wildman–Crippen MR) is 139 cm³/mol. The first-order valence-corrected chi connectivity index (χ1v) is 25.9. The second-order valence-electron chi connectivity index (χ2n) is 8.15. The Morgan fingerprint density at radius 3 is 1.69 bits per heavy atom. The van der Waals surface area contributed by atoms with Crippen molar-refractivity contribution in [1.29, 1.82) is 0 Å². The van der Waals surface area contributed by atoms with E-state index in [2.05, 4.69) is 25.3 Å². The van der Waals surface area contributed by atoms with Crippen LogP contribution in [0.4, 0.5) is 0 Å². The van der Waals surface area contributed by atoms with Gasteiger partial charge in [0.1, 0.15) is 0 Å². The zero-order chi connectivity index (χ0) is 21.8. The van der Waals surface area contributed by atoms with Crippen molar-refractivity contribution in [2.24, 2.45) is 23.7 Å². The summed E-state index contributed by atoms with van der Waals surface area (Å²) < 4.78 is 5.58. The summed E-state index contributed by atoms with van der Waals surface area (Å²) >= 11 is 9.56. The number of hydrogen-bond donors (Lipinski definition) is 4. The van der Waals surface area contributed by atoms with Gasteiger partial charge < -0.3 is 14.9 Å². The van der Waals surface area contributed by atoms with Crippen LogP contribution in [0.5, 0.6) is 0 Å². The van der Waals surface area contributed by atoms with Crippen LogP contribution < -0.4 is 0 Å². The molecule has 0 aromatic heterocycles. The Morgan fingerprint density at radius 1 is 0.931 bits per heavy atom. The van der Waals surface area contributed by atoms with Gasteiger partial charge in [0.2, 0.25) is 0 Å². The molecule has 0 amide bonds. The molecule has 2 N–H and O–H groups in total. The third-order valence-electron chi connectivity index (χ3n) is 6.55. The van der Waals surface area contributed by atoms with Crippen LogP contribution >= 0.6 is 74.3 Å². The number of thioether (sulfide) groups is 2. The topological polar surface area (TPSA) is 49.7 Å². The third kappa shape index (κ3) is 7.26. The number of aliphatic hydroxyl groups is 2. The molecular formula is C18H32BiCl3O3S4. The van der Waals surface area contributed by atoms with E-state index in [9.17, 15) is 10.2 Å². The van der Waals surface area contributed by atoms with E-state index in [-0.39, 0.29) is 21.9 Å². The summed E-state index contributed by atoms with van der Waals surface area (Å²) in [5.74, 6) is 7.44. The molecule has 5 aliphatic rings. The van der Waals surface area contributed by atoms with Crippen molar-refractivity contribution in [3.8, 4) is 0 Å². The number of fused-ring (bicyclic) bond motifs is 3. The molecule has 7 atom stereocenters. The van der Waals surface area contributed by atoms with E-state index >= 15 is 0 Å². The molecule has 0 bridgehead atoms. The monoisotopic (exact) mass is 738 g/mol. The number of rotatable bonds is 2. The molecule has 4 saturated carbocycles. The van der Waals surface area contributed by atoms with Gasteiger partial charge >= 0.3 is 43.7 Å². The molecule has 172 valence electrons. The van der Waals surface area contributed by atoms with E-state index in [1.165, 1.54) is 24.3 Å². The van der Waals surface area contributed by atoms with Gasteiger partial charge in [-0.05, 0) is 67.8 Å². The minimum absolute atomic E-state index is 0.00347. The SMILES string of the molecule is COC1(C)C(O)C[C@H]2C[C@H]21.OC1C[C@H]2C[C@H]2C12SCCS2.SCCS.[Cl][Bi]([Cl])[Cl]. The first-order valence-electron chi connectivity index (χ1n) is 9.84. The summed E-state index contributed by atoms with van der Waals surface area (Å²) in [5, 5.41) is 19.4. The van der Waals surface area contributed by atoms with Gasteiger partial charge in [0.25, 0.3) is 0 Å². The summed E-state index contributed by atoms with van der Waals surface area (Å²) in [6.45, 7) is 2.02. The average molecular weight is 740 g/mol. The Balaban J connectivity index is 0.000000154. The second-order valence-corrected chi connectivity index (χ2v) is 27.0. The molecule has 1 saturated heterocycles. The molecule has 29 heavy (non-hydrogen) atoms. The molecule has 1 heterocycles. The number of halogens is 3. The Bertz CT molecular complexity index is 506. The quantitative estimate of drug-likeness (QED) is 0.240. The van der Waals surface area contributed by atoms with Crippen LogP contribution in [0.15, 0.2) is 0 Å². The fraction of sp³-hybridized carbons (Fsp3) is 1.00. The average Bonchev–Trinajstić information content (AvgIpc) is 3.53. The van der Waals surface area contributed by atoms with Crippen LogP contribution in [0.25, 0.3) is 0 Å². The molecule has 3 unspecified atom stereocenters. The fourth-order valence-electron chi connectivity index (χ4n) is 4.81.